The van der Waals surface area contributed by atoms with Crippen LogP contribution in [-0.2, 0) is 4.74 Å². The fraction of sp³-hybridized carbons (Fsp3) is 0.579. The Labute approximate surface area is 138 Å². The van der Waals surface area contributed by atoms with E-state index in [0.29, 0.717) is 13.0 Å². The Morgan fingerprint density at radius 2 is 1.96 bits per heavy atom. The number of hydrogen-bond acceptors (Lipinski definition) is 4. The Hall–Kier alpha value is -1.20. The van der Waals surface area contributed by atoms with Crippen molar-refractivity contribution in [2.24, 2.45) is 5.41 Å². The molecule has 2 N–H and O–H groups in total. The van der Waals surface area contributed by atoms with E-state index < -0.39 is 0 Å². The van der Waals surface area contributed by atoms with Gasteiger partial charge in [0.1, 0.15) is 0 Å². The highest BCUT2D eigenvalue weighted by atomic mass is 16.5. The van der Waals surface area contributed by atoms with Crippen LogP contribution < -0.4 is 0 Å². The number of nitrogens with zero attached hydrogens (tertiary/aromatic N) is 1. The van der Waals surface area contributed by atoms with Crippen molar-refractivity contribution >= 4 is 6.08 Å². The second kappa shape index (κ2) is 7.58. The van der Waals surface area contributed by atoms with Gasteiger partial charge < -0.3 is 14.9 Å². The fourth-order valence-corrected chi connectivity index (χ4v) is 3.86. The van der Waals surface area contributed by atoms with E-state index in [2.05, 4.69) is 41.3 Å². The normalized spacial score (nSPS) is 27.4. The highest BCUT2D eigenvalue weighted by Gasteiger charge is 2.55. The smallest absolute Gasteiger partial charge is 0.0701 e. The highest BCUT2D eigenvalue weighted by molar-refractivity contribution is 5.48. The second-order valence-electron chi connectivity index (χ2n) is 6.68. The molecule has 1 aromatic carbocycles. The Balaban J connectivity index is 1.47. The molecule has 0 aromatic heterocycles. The van der Waals surface area contributed by atoms with Gasteiger partial charge in [-0.1, -0.05) is 42.5 Å². The van der Waals surface area contributed by atoms with Gasteiger partial charge >= 0.3 is 0 Å². The summed E-state index contributed by atoms with van der Waals surface area (Å²) >= 11 is 0. The highest BCUT2D eigenvalue weighted by Crippen LogP contribution is 2.50. The summed E-state index contributed by atoms with van der Waals surface area (Å²) < 4.78 is 5.72. The van der Waals surface area contributed by atoms with E-state index in [0.717, 1.165) is 32.5 Å². The molecule has 1 saturated carbocycles. The predicted molar refractivity (Wildman–Crippen MR) is 91.0 cm³/mol. The van der Waals surface area contributed by atoms with Crippen molar-refractivity contribution in [2.45, 2.75) is 31.5 Å². The van der Waals surface area contributed by atoms with Crippen molar-refractivity contribution in [3.05, 3.63) is 42.0 Å². The second-order valence-corrected chi connectivity index (χ2v) is 6.68. The third kappa shape index (κ3) is 3.66. The van der Waals surface area contributed by atoms with Crippen molar-refractivity contribution in [3.8, 4) is 0 Å². The third-order valence-corrected chi connectivity index (χ3v) is 5.41. The van der Waals surface area contributed by atoms with Gasteiger partial charge in [-0.25, -0.2) is 0 Å². The lowest BCUT2D eigenvalue weighted by Gasteiger charge is -2.56. The fourth-order valence-electron chi connectivity index (χ4n) is 3.86. The molecule has 1 aromatic rings. The third-order valence-electron chi connectivity index (χ3n) is 5.41. The zero-order valence-electron chi connectivity index (χ0n) is 13.6. The first-order valence-electron chi connectivity index (χ1n) is 8.59. The van der Waals surface area contributed by atoms with Gasteiger partial charge in [0.15, 0.2) is 0 Å². The van der Waals surface area contributed by atoms with Crippen LogP contribution in [0.3, 0.4) is 0 Å². The Kier molecular flexibility index (Phi) is 5.49. The van der Waals surface area contributed by atoms with Crippen molar-refractivity contribution in [1.82, 2.24) is 4.90 Å². The number of rotatable bonds is 6. The Morgan fingerprint density at radius 3 is 2.61 bits per heavy atom. The van der Waals surface area contributed by atoms with E-state index in [4.69, 9.17) is 9.84 Å². The van der Waals surface area contributed by atoms with Gasteiger partial charge in [0.2, 0.25) is 0 Å². The predicted octanol–water partition coefficient (Wildman–Crippen LogP) is 1.92. The van der Waals surface area contributed by atoms with E-state index in [1.165, 1.54) is 5.56 Å². The maximum Gasteiger partial charge on any atom is 0.0701 e. The molecule has 2 fully saturated rings. The average molecular weight is 317 g/mol. The maximum atomic E-state index is 10.2. The van der Waals surface area contributed by atoms with Crippen LogP contribution in [0, 0.1) is 5.41 Å². The summed E-state index contributed by atoms with van der Waals surface area (Å²) in [5.41, 5.74) is 1.15. The SMILES string of the molecule is OCCO[C@H]1C[C@@H](O)C12CCN(CC=Cc1ccccc1)CC2. The molecule has 1 heterocycles. The number of aliphatic hydroxyl groups is 2. The first kappa shape index (κ1) is 16.7. The van der Waals surface area contributed by atoms with Crippen LogP contribution in [0.5, 0.6) is 0 Å². The summed E-state index contributed by atoms with van der Waals surface area (Å²) in [6, 6.07) is 10.3. The zero-order chi connectivity index (χ0) is 16.1. The number of hydrogen-bond donors (Lipinski definition) is 2. The van der Waals surface area contributed by atoms with E-state index in [-0.39, 0.29) is 24.2 Å². The van der Waals surface area contributed by atoms with Crippen LogP contribution >= 0.6 is 0 Å². The Bertz CT molecular complexity index is 509. The number of likely N-dealkylation sites (tertiary alicyclic amines) is 1. The summed E-state index contributed by atoms with van der Waals surface area (Å²) in [6.07, 6.45) is 6.92. The van der Waals surface area contributed by atoms with Crippen LogP contribution in [0.4, 0.5) is 0 Å². The lowest BCUT2D eigenvalue weighted by Crippen LogP contribution is -2.62. The van der Waals surface area contributed by atoms with Crippen LogP contribution in [0.25, 0.3) is 6.08 Å². The molecular weight excluding hydrogens is 290 g/mol. The quantitative estimate of drug-likeness (QED) is 0.842. The molecule has 4 nitrogen and oxygen atoms in total. The number of ether oxygens (including phenoxy) is 1. The molecule has 0 amide bonds. The van der Waals surface area contributed by atoms with Crippen molar-refractivity contribution in [2.75, 3.05) is 32.8 Å². The number of piperidine rings is 1. The minimum absolute atomic E-state index is 0.0546. The lowest BCUT2D eigenvalue weighted by molar-refractivity contribution is -0.212. The van der Waals surface area contributed by atoms with Gasteiger partial charge in [0.05, 0.1) is 25.4 Å². The molecule has 126 valence electrons. The van der Waals surface area contributed by atoms with Gasteiger partial charge in [-0.15, -0.1) is 0 Å². The van der Waals surface area contributed by atoms with E-state index in [1.54, 1.807) is 0 Å². The Morgan fingerprint density at radius 1 is 1.22 bits per heavy atom. The standard InChI is InChI=1S/C19H27NO3/c21-13-14-23-18-15-17(22)19(18)8-11-20(12-9-19)10-4-7-16-5-2-1-3-6-16/h1-7,17-18,21-22H,8-15H2/t17-,18+/m1/s1. The first-order chi connectivity index (χ1) is 11.2. The van der Waals surface area contributed by atoms with Crippen LogP contribution in [-0.4, -0.2) is 60.2 Å². The number of aliphatic hydroxyl groups excluding tert-OH is 2. The van der Waals surface area contributed by atoms with Gasteiger partial charge in [-0.3, -0.25) is 4.90 Å². The van der Waals surface area contributed by atoms with E-state index in [9.17, 15) is 5.11 Å². The van der Waals surface area contributed by atoms with Gasteiger partial charge in [-0.2, -0.15) is 0 Å². The minimum atomic E-state index is -0.242. The monoisotopic (exact) mass is 317 g/mol. The molecule has 1 aliphatic carbocycles. The molecule has 1 saturated heterocycles. The summed E-state index contributed by atoms with van der Waals surface area (Å²) in [5, 5.41) is 19.1. The molecule has 0 unspecified atom stereocenters. The van der Waals surface area contributed by atoms with Gasteiger partial charge in [0, 0.05) is 18.4 Å². The average Bonchev–Trinajstić information content (AvgIpc) is 2.60. The molecule has 23 heavy (non-hydrogen) atoms. The van der Waals surface area contributed by atoms with Crippen molar-refractivity contribution in [3.63, 3.8) is 0 Å². The summed E-state index contributed by atoms with van der Waals surface area (Å²) in [4.78, 5) is 2.43. The molecule has 1 spiro atoms. The molecule has 3 rings (SSSR count). The van der Waals surface area contributed by atoms with Crippen LogP contribution in [0.2, 0.25) is 0 Å². The molecular formula is C19H27NO3. The lowest BCUT2D eigenvalue weighted by atomic mass is 9.58. The van der Waals surface area contributed by atoms with Gasteiger partial charge in [-0.05, 0) is 31.5 Å². The van der Waals surface area contributed by atoms with Gasteiger partial charge in [0.25, 0.3) is 0 Å². The molecule has 1 aliphatic heterocycles. The first-order valence-corrected chi connectivity index (χ1v) is 8.59. The minimum Gasteiger partial charge on any atom is -0.394 e. The summed E-state index contributed by atoms with van der Waals surface area (Å²) in [6.45, 7) is 3.37. The molecule has 0 radical (unpaired) electrons. The maximum absolute atomic E-state index is 10.2. The zero-order valence-corrected chi connectivity index (χ0v) is 13.6. The molecule has 2 atom stereocenters. The van der Waals surface area contributed by atoms with E-state index >= 15 is 0 Å². The molecule has 4 heteroatoms. The topological polar surface area (TPSA) is 52.9 Å². The largest absolute Gasteiger partial charge is 0.394 e. The number of benzene rings is 1. The van der Waals surface area contributed by atoms with Crippen molar-refractivity contribution < 1.29 is 14.9 Å². The van der Waals surface area contributed by atoms with Crippen LogP contribution in [0.1, 0.15) is 24.8 Å². The summed E-state index contributed by atoms with van der Waals surface area (Å²) in [7, 11) is 0. The van der Waals surface area contributed by atoms with Crippen molar-refractivity contribution in [1.29, 1.82) is 0 Å². The molecule has 0 bridgehead atoms. The summed E-state index contributed by atoms with van der Waals surface area (Å²) in [5.74, 6) is 0. The molecule has 2 aliphatic rings. The van der Waals surface area contributed by atoms with E-state index in [1.807, 2.05) is 6.07 Å². The van der Waals surface area contributed by atoms with Crippen LogP contribution in [0.15, 0.2) is 36.4 Å².